The van der Waals surface area contributed by atoms with Crippen LogP contribution >= 0.6 is 0 Å². The van der Waals surface area contributed by atoms with E-state index in [0.717, 1.165) is 12.5 Å². The number of rotatable bonds is 5. The summed E-state index contributed by atoms with van der Waals surface area (Å²) in [7, 11) is 1.56. The first kappa shape index (κ1) is 12.7. The van der Waals surface area contributed by atoms with E-state index in [4.69, 9.17) is 4.74 Å². The van der Waals surface area contributed by atoms with Gasteiger partial charge in [-0.3, -0.25) is 9.48 Å². The molecule has 1 aliphatic rings. The maximum atomic E-state index is 12.2. The number of hydrogen-bond donors (Lipinski definition) is 1. The van der Waals surface area contributed by atoms with Gasteiger partial charge in [-0.15, -0.1) is 0 Å². The first-order chi connectivity index (χ1) is 9.76. The molecule has 1 amide bonds. The van der Waals surface area contributed by atoms with Gasteiger partial charge in [0.05, 0.1) is 24.6 Å². The summed E-state index contributed by atoms with van der Waals surface area (Å²) in [6, 6.07) is 7.16. The molecular formula is C15H17N3O2. The number of benzene rings is 1. The fraction of sp³-hybridized carbons (Fsp3) is 0.333. The lowest BCUT2D eigenvalue weighted by atomic mass is 10.2. The Labute approximate surface area is 117 Å². The second kappa shape index (κ2) is 5.36. The Morgan fingerprint density at radius 1 is 1.45 bits per heavy atom. The van der Waals surface area contributed by atoms with Gasteiger partial charge in [-0.05, 0) is 30.9 Å². The van der Waals surface area contributed by atoms with Gasteiger partial charge in [0.1, 0.15) is 5.75 Å². The van der Waals surface area contributed by atoms with Crippen LogP contribution in [-0.4, -0.2) is 22.8 Å². The fourth-order valence-corrected chi connectivity index (χ4v) is 2.12. The van der Waals surface area contributed by atoms with Crippen LogP contribution in [0.3, 0.4) is 0 Å². The van der Waals surface area contributed by atoms with E-state index in [1.807, 2.05) is 23.0 Å². The Kier molecular flexibility index (Phi) is 3.41. The van der Waals surface area contributed by atoms with Crippen LogP contribution in [-0.2, 0) is 6.54 Å². The molecule has 20 heavy (non-hydrogen) atoms. The minimum atomic E-state index is -0.187. The highest BCUT2D eigenvalue weighted by Crippen LogP contribution is 2.30. The Hall–Kier alpha value is -2.30. The number of para-hydroxylation sites is 1. The van der Waals surface area contributed by atoms with Gasteiger partial charge in [-0.25, -0.2) is 0 Å². The lowest BCUT2D eigenvalue weighted by molar-refractivity contribution is 0.102. The molecule has 1 aromatic heterocycles. The van der Waals surface area contributed by atoms with Gasteiger partial charge in [0, 0.05) is 12.7 Å². The maximum absolute atomic E-state index is 12.2. The van der Waals surface area contributed by atoms with Gasteiger partial charge in [0.25, 0.3) is 5.91 Å². The van der Waals surface area contributed by atoms with Crippen LogP contribution in [0.1, 0.15) is 23.2 Å². The SMILES string of the molecule is COc1ccccc1C(=O)Nc1cnn(CC2CC2)c1. The number of hydrogen-bond acceptors (Lipinski definition) is 3. The molecule has 1 N–H and O–H groups in total. The number of carbonyl (C=O) groups excluding carboxylic acids is 1. The Morgan fingerprint density at radius 2 is 2.25 bits per heavy atom. The van der Waals surface area contributed by atoms with Crippen LogP contribution in [0.5, 0.6) is 5.75 Å². The molecule has 5 heteroatoms. The van der Waals surface area contributed by atoms with Gasteiger partial charge in [-0.2, -0.15) is 5.10 Å². The smallest absolute Gasteiger partial charge is 0.259 e. The summed E-state index contributed by atoms with van der Waals surface area (Å²) in [6.45, 7) is 0.935. The number of amides is 1. The molecule has 0 radical (unpaired) electrons. The molecule has 5 nitrogen and oxygen atoms in total. The largest absolute Gasteiger partial charge is 0.496 e. The normalized spacial score (nSPS) is 14.1. The summed E-state index contributed by atoms with van der Waals surface area (Å²) >= 11 is 0. The summed E-state index contributed by atoms with van der Waals surface area (Å²) in [5.74, 6) is 1.14. The van der Waals surface area contributed by atoms with Crippen molar-refractivity contribution in [2.45, 2.75) is 19.4 Å². The fourth-order valence-electron chi connectivity index (χ4n) is 2.12. The molecule has 1 saturated carbocycles. The molecular weight excluding hydrogens is 254 g/mol. The average Bonchev–Trinajstić information content (AvgIpc) is 3.17. The minimum Gasteiger partial charge on any atom is -0.496 e. The van der Waals surface area contributed by atoms with Gasteiger partial charge in [-0.1, -0.05) is 12.1 Å². The number of anilines is 1. The second-order valence-corrected chi connectivity index (χ2v) is 5.05. The third kappa shape index (κ3) is 2.82. The first-order valence-electron chi connectivity index (χ1n) is 6.73. The second-order valence-electron chi connectivity index (χ2n) is 5.05. The van der Waals surface area contributed by atoms with Crippen molar-refractivity contribution in [3.05, 3.63) is 42.2 Å². The molecule has 0 atom stereocenters. The quantitative estimate of drug-likeness (QED) is 0.909. The Morgan fingerprint density at radius 3 is 3.00 bits per heavy atom. The molecule has 104 valence electrons. The monoisotopic (exact) mass is 271 g/mol. The molecule has 2 aromatic rings. The number of ether oxygens (including phenoxy) is 1. The Bertz CT molecular complexity index is 617. The molecule has 0 saturated heterocycles. The highest BCUT2D eigenvalue weighted by molar-refractivity contribution is 6.06. The van der Waals surface area contributed by atoms with Crippen molar-refractivity contribution < 1.29 is 9.53 Å². The minimum absolute atomic E-state index is 0.187. The number of methoxy groups -OCH3 is 1. The van der Waals surface area contributed by atoms with E-state index in [0.29, 0.717) is 17.0 Å². The topological polar surface area (TPSA) is 56.1 Å². The van der Waals surface area contributed by atoms with Crippen molar-refractivity contribution in [2.75, 3.05) is 12.4 Å². The summed E-state index contributed by atoms with van der Waals surface area (Å²) < 4.78 is 7.07. The van der Waals surface area contributed by atoms with Crippen molar-refractivity contribution in [2.24, 2.45) is 5.92 Å². The summed E-state index contributed by atoms with van der Waals surface area (Å²) in [4.78, 5) is 12.2. The van der Waals surface area contributed by atoms with Gasteiger partial charge in [0.15, 0.2) is 0 Å². The van der Waals surface area contributed by atoms with E-state index in [1.165, 1.54) is 12.8 Å². The zero-order valence-electron chi connectivity index (χ0n) is 11.4. The molecule has 1 aromatic carbocycles. The van der Waals surface area contributed by atoms with E-state index in [9.17, 15) is 4.79 Å². The molecule has 0 bridgehead atoms. The summed E-state index contributed by atoms with van der Waals surface area (Å²) in [6.07, 6.45) is 6.10. The molecule has 1 fully saturated rings. The third-order valence-corrected chi connectivity index (χ3v) is 3.38. The number of nitrogens with zero attached hydrogens (tertiary/aromatic N) is 2. The van der Waals surface area contributed by atoms with E-state index >= 15 is 0 Å². The molecule has 0 spiro atoms. The Balaban J connectivity index is 1.69. The van der Waals surface area contributed by atoms with E-state index in [2.05, 4.69) is 10.4 Å². The zero-order valence-corrected chi connectivity index (χ0v) is 11.4. The van der Waals surface area contributed by atoms with Crippen LogP contribution in [0.25, 0.3) is 0 Å². The highest BCUT2D eigenvalue weighted by Gasteiger charge is 2.22. The third-order valence-electron chi connectivity index (χ3n) is 3.38. The van der Waals surface area contributed by atoms with Gasteiger partial charge < -0.3 is 10.1 Å². The van der Waals surface area contributed by atoms with Crippen LogP contribution in [0, 0.1) is 5.92 Å². The maximum Gasteiger partial charge on any atom is 0.259 e. The van der Waals surface area contributed by atoms with Crippen molar-refractivity contribution in [3.63, 3.8) is 0 Å². The lowest BCUT2D eigenvalue weighted by Crippen LogP contribution is -2.12. The van der Waals surface area contributed by atoms with E-state index in [1.54, 1.807) is 25.4 Å². The lowest BCUT2D eigenvalue weighted by Gasteiger charge is -2.07. The predicted molar refractivity (Wildman–Crippen MR) is 75.9 cm³/mol. The van der Waals surface area contributed by atoms with Gasteiger partial charge >= 0.3 is 0 Å². The molecule has 0 unspecified atom stereocenters. The van der Waals surface area contributed by atoms with Crippen molar-refractivity contribution >= 4 is 11.6 Å². The number of carbonyl (C=O) groups is 1. The van der Waals surface area contributed by atoms with Crippen molar-refractivity contribution in [3.8, 4) is 5.75 Å². The van der Waals surface area contributed by atoms with Crippen LogP contribution < -0.4 is 10.1 Å². The summed E-state index contributed by atoms with van der Waals surface area (Å²) in [5.41, 5.74) is 1.23. The number of aromatic nitrogens is 2. The van der Waals surface area contributed by atoms with Crippen LogP contribution in [0.15, 0.2) is 36.7 Å². The predicted octanol–water partition coefficient (Wildman–Crippen LogP) is 2.55. The van der Waals surface area contributed by atoms with E-state index in [-0.39, 0.29) is 5.91 Å². The first-order valence-corrected chi connectivity index (χ1v) is 6.73. The average molecular weight is 271 g/mol. The molecule has 0 aliphatic heterocycles. The number of nitrogens with one attached hydrogen (secondary N) is 1. The zero-order chi connectivity index (χ0) is 13.9. The molecule has 3 rings (SSSR count). The molecule has 1 aliphatic carbocycles. The summed E-state index contributed by atoms with van der Waals surface area (Å²) in [5, 5.41) is 7.10. The van der Waals surface area contributed by atoms with Crippen molar-refractivity contribution in [1.29, 1.82) is 0 Å². The van der Waals surface area contributed by atoms with Gasteiger partial charge in [0.2, 0.25) is 0 Å². The van der Waals surface area contributed by atoms with Crippen molar-refractivity contribution in [1.82, 2.24) is 9.78 Å². The molecule has 1 heterocycles. The van der Waals surface area contributed by atoms with E-state index < -0.39 is 0 Å². The highest BCUT2D eigenvalue weighted by atomic mass is 16.5. The standard InChI is InChI=1S/C15H17N3O2/c1-20-14-5-3-2-4-13(14)15(19)17-12-8-16-18(10-12)9-11-6-7-11/h2-5,8,10-11H,6-7,9H2,1H3,(H,17,19). The van der Waals surface area contributed by atoms with Crippen LogP contribution in [0.2, 0.25) is 0 Å². The van der Waals surface area contributed by atoms with Crippen LogP contribution in [0.4, 0.5) is 5.69 Å².